The van der Waals surface area contributed by atoms with Gasteiger partial charge in [-0.05, 0) is 36.5 Å². The van der Waals surface area contributed by atoms with Gasteiger partial charge in [0.1, 0.15) is 0 Å². The van der Waals surface area contributed by atoms with Crippen LogP contribution in [0.15, 0.2) is 11.6 Å². The summed E-state index contributed by atoms with van der Waals surface area (Å²) in [6, 6.07) is 0.185. The second-order valence-corrected chi connectivity index (χ2v) is 8.52. The molecular weight excluding hydrogens is 342 g/mol. The molecular formula is C21H41N3OS. The van der Waals surface area contributed by atoms with Crippen LogP contribution in [0, 0.1) is 23.2 Å². The topological polar surface area (TPSA) is 56.2 Å². The van der Waals surface area contributed by atoms with Crippen molar-refractivity contribution in [2.75, 3.05) is 14.1 Å². The molecule has 0 aliphatic rings. The van der Waals surface area contributed by atoms with Crippen LogP contribution in [0.1, 0.15) is 73.1 Å². The Morgan fingerprint density at radius 2 is 1.88 bits per heavy atom. The number of hydrogen-bond donors (Lipinski definition) is 2. The largest absolute Gasteiger partial charge is 0.394 e. The Kier molecular flexibility index (Phi) is 13.6. The highest BCUT2D eigenvalue weighted by Gasteiger charge is 2.30. The number of carbonyl (C=O) groups is 1. The number of carbonyl (C=O) groups excluding carboxylic acids is 1. The van der Waals surface area contributed by atoms with Gasteiger partial charge in [-0.1, -0.05) is 59.2 Å². The Labute approximate surface area is 166 Å². The molecule has 2 N–H and O–H groups in total. The summed E-state index contributed by atoms with van der Waals surface area (Å²) in [6.07, 6.45) is 7.41. The zero-order valence-electron chi connectivity index (χ0n) is 18.0. The summed E-state index contributed by atoms with van der Waals surface area (Å²) in [4.78, 5) is 14.6. The Bertz CT molecular complexity index is 437. The molecule has 26 heavy (non-hydrogen) atoms. The van der Waals surface area contributed by atoms with E-state index in [1.807, 2.05) is 30.6 Å². The third-order valence-electron chi connectivity index (χ3n) is 5.26. The standard InChI is InChI=1S/C21H41N3OS/c1-8-10-12-20(25)24(7)19(17(5)16(3)4)15-18(11-9-2)21(22)26-14-13-23-6/h13-14,16-19,22-23H,8-12,15H2,1-7H3/b14-13+,22-21?/t17?,18-,19?/m1/s1. The first-order valence-corrected chi connectivity index (χ1v) is 11.0. The molecule has 0 saturated carbocycles. The molecule has 0 rings (SSSR count). The van der Waals surface area contributed by atoms with Crippen molar-refractivity contribution in [3.8, 4) is 0 Å². The summed E-state index contributed by atoms with van der Waals surface area (Å²) < 4.78 is 0. The van der Waals surface area contributed by atoms with Crippen LogP contribution < -0.4 is 5.32 Å². The molecule has 3 atom stereocenters. The maximum absolute atomic E-state index is 12.6. The van der Waals surface area contributed by atoms with Gasteiger partial charge in [-0.3, -0.25) is 10.2 Å². The average molecular weight is 384 g/mol. The summed E-state index contributed by atoms with van der Waals surface area (Å²) in [7, 11) is 3.82. The van der Waals surface area contributed by atoms with Crippen LogP contribution in [0.4, 0.5) is 0 Å². The van der Waals surface area contributed by atoms with E-state index in [0.29, 0.717) is 23.3 Å². The molecule has 5 heteroatoms. The van der Waals surface area contributed by atoms with Crippen molar-refractivity contribution < 1.29 is 4.79 Å². The van der Waals surface area contributed by atoms with Gasteiger partial charge < -0.3 is 10.2 Å². The fourth-order valence-corrected chi connectivity index (χ4v) is 3.88. The molecule has 152 valence electrons. The van der Waals surface area contributed by atoms with Gasteiger partial charge in [0, 0.05) is 38.7 Å². The third-order valence-corrected chi connectivity index (χ3v) is 6.12. The van der Waals surface area contributed by atoms with E-state index in [-0.39, 0.29) is 17.9 Å². The van der Waals surface area contributed by atoms with E-state index in [2.05, 4.69) is 39.9 Å². The molecule has 1 amide bonds. The Morgan fingerprint density at radius 1 is 1.23 bits per heavy atom. The van der Waals surface area contributed by atoms with Gasteiger partial charge in [0.15, 0.2) is 0 Å². The number of thioether (sulfide) groups is 1. The summed E-state index contributed by atoms with van der Waals surface area (Å²) in [6.45, 7) is 11.0. The van der Waals surface area contributed by atoms with Gasteiger partial charge in [-0.2, -0.15) is 0 Å². The van der Waals surface area contributed by atoms with Crippen molar-refractivity contribution in [2.24, 2.45) is 17.8 Å². The van der Waals surface area contributed by atoms with Crippen LogP contribution >= 0.6 is 11.8 Å². The highest BCUT2D eigenvalue weighted by atomic mass is 32.2. The van der Waals surface area contributed by atoms with Crippen LogP contribution in [-0.4, -0.2) is 36.0 Å². The van der Waals surface area contributed by atoms with Crippen molar-refractivity contribution in [1.29, 1.82) is 5.41 Å². The summed E-state index contributed by atoms with van der Waals surface area (Å²) in [5.74, 6) is 1.37. The summed E-state index contributed by atoms with van der Waals surface area (Å²) in [5.41, 5.74) is 0. The van der Waals surface area contributed by atoms with Crippen molar-refractivity contribution in [3.05, 3.63) is 11.6 Å². The molecule has 0 aliphatic carbocycles. The SMILES string of the molecule is CCCCC(=O)N(C)C(C[C@@H](CCC)C(=N)S/C=C/NC)C(C)C(C)C. The molecule has 0 aromatic heterocycles. The molecule has 0 spiro atoms. The highest BCUT2D eigenvalue weighted by molar-refractivity contribution is 8.16. The van der Waals surface area contributed by atoms with Crippen molar-refractivity contribution >= 4 is 22.7 Å². The summed E-state index contributed by atoms with van der Waals surface area (Å²) in [5, 5.41) is 14.1. The van der Waals surface area contributed by atoms with Crippen LogP contribution in [0.25, 0.3) is 0 Å². The van der Waals surface area contributed by atoms with Crippen LogP contribution in [0.2, 0.25) is 0 Å². The van der Waals surface area contributed by atoms with E-state index in [1.54, 1.807) is 0 Å². The van der Waals surface area contributed by atoms with Crippen LogP contribution in [0.3, 0.4) is 0 Å². The lowest BCUT2D eigenvalue weighted by Gasteiger charge is -2.37. The molecule has 0 bridgehead atoms. The van der Waals surface area contributed by atoms with Gasteiger partial charge >= 0.3 is 0 Å². The minimum absolute atomic E-state index is 0.185. The highest BCUT2D eigenvalue weighted by Crippen LogP contribution is 2.30. The predicted octanol–water partition coefficient (Wildman–Crippen LogP) is 5.50. The van der Waals surface area contributed by atoms with E-state index >= 15 is 0 Å². The first-order chi connectivity index (χ1) is 12.3. The fourth-order valence-electron chi connectivity index (χ4n) is 3.13. The van der Waals surface area contributed by atoms with Crippen molar-refractivity contribution in [3.63, 3.8) is 0 Å². The van der Waals surface area contributed by atoms with E-state index in [0.717, 1.165) is 32.1 Å². The normalized spacial score (nSPS) is 15.1. The first kappa shape index (κ1) is 25.0. The maximum atomic E-state index is 12.6. The first-order valence-electron chi connectivity index (χ1n) is 10.1. The quantitative estimate of drug-likeness (QED) is 0.326. The number of nitrogens with one attached hydrogen (secondary N) is 2. The van der Waals surface area contributed by atoms with E-state index in [4.69, 9.17) is 5.41 Å². The number of unbranched alkanes of at least 4 members (excludes halogenated alkanes) is 1. The molecule has 0 saturated heterocycles. The van der Waals surface area contributed by atoms with E-state index in [1.165, 1.54) is 11.8 Å². The van der Waals surface area contributed by atoms with Gasteiger partial charge in [-0.25, -0.2) is 0 Å². The maximum Gasteiger partial charge on any atom is 0.222 e. The lowest BCUT2D eigenvalue weighted by atomic mass is 9.83. The second kappa shape index (κ2) is 14.1. The fraction of sp³-hybridized carbons (Fsp3) is 0.810. The Balaban J connectivity index is 5.28. The average Bonchev–Trinajstić information content (AvgIpc) is 2.61. The Hall–Kier alpha value is -0.970. The van der Waals surface area contributed by atoms with Crippen molar-refractivity contribution in [1.82, 2.24) is 10.2 Å². The molecule has 2 unspecified atom stereocenters. The number of nitrogens with zero attached hydrogens (tertiary/aromatic N) is 1. The lowest BCUT2D eigenvalue weighted by Crippen LogP contribution is -2.44. The molecule has 0 aromatic carbocycles. The molecule has 0 fully saturated rings. The van der Waals surface area contributed by atoms with Gasteiger partial charge in [0.05, 0.1) is 5.04 Å². The molecule has 0 heterocycles. The molecule has 0 radical (unpaired) electrons. The molecule has 0 aliphatic heterocycles. The minimum Gasteiger partial charge on any atom is -0.394 e. The minimum atomic E-state index is 0.185. The number of rotatable bonds is 13. The van der Waals surface area contributed by atoms with Crippen LogP contribution in [0.5, 0.6) is 0 Å². The zero-order valence-corrected chi connectivity index (χ0v) is 18.8. The van der Waals surface area contributed by atoms with Gasteiger partial charge in [0.25, 0.3) is 0 Å². The number of amides is 1. The summed E-state index contributed by atoms with van der Waals surface area (Å²) >= 11 is 1.48. The van der Waals surface area contributed by atoms with Gasteiger partial charge in [-0.15, -0.1) is 0 Å². The van der Waals surface area contributed by atoms with E-state index < -0.39 is 0 Å². The monoisotopic (exact) mass is 383 g/mol. The van der Waals surface area contributed by atoms with Crippen molar-refractivity contribution in [2.45, 2.75) is 79.2 Å². The van der Waals surface area contributed by atoms with E-state index in [9.17, 15) is 4.79 Å². The number of hydrogen-bond acceptors (Lipinski definition) is 4. The zero-order chi connectivity index (χ0) is 20.1. The smallest absolute Gasteiger partial charge is 0.222 e. The molecule has 4 nitrogen and oxygen atoms in total. The second-order valence-electron chi connectivity index (χ2n) is 7.57. The molecule has 0 aromatic rings. The third kappa shape index (κ3) is 9.11. The predicted molar refractivity (Wildman–Crippen MR) is 117 cm³/mol. The van der Waals surface area contributed by atoms with Crippen LogP contribution in [-0.2, 0) is 4.79 Å². The lowest BCUT2D eigenvalue weighted by molar-refractivity contribution is -0.133. The Morgan fingerprint density at radius 3 is 2.38 bits per heavy atom. The van der Waals surface area contributed by atoms with Gasteiger partial charge in [0.2, 0.25) is 5.91 Å².